The van der Waals surface area contributed by atoms with Crippen molar-refractivity contribution in [2.45, 2.75) is 20.3 Å². The smallest absolute Gasteiger partial charge is 0.358 e. The van der Waals surface area contributed by atoms with Gasteiger partial charge in [-0.2, -0.15) is 0 Å². The Morgan fingerprint density at radius 2 is 2.10 bits per heavy atom. The van der Waals surface area contributed by atoms with Gasteiger partial charge in [-0.05, 0) is 24.5 Å². The molecule has 2 heterocycles. The van der Waals surface area contributed by atoms with Crippen LogP contribution in [0.1, 0.15) is 30.8 Å². The fraction of sp³-hybridized carbons (Fsp3) is 0.571. The van der Waals surface area contributed by atoms with E-state index in [4.69, 9.17) is 0 Å². The fourth-order valence-corrected chi connectivity index (χ4v) is 2.63. The van der Waals surface area contributed by atoms with Crippen LogP contribution in [0.25, 0.3) is 0 Å². The number of carboxylic acids is 1. The summed E-state index contributed by atoms with van der Waals surface area (Å²) in [4.78, 5) is 24.8. The molecule has 1 unspecified atom stereocenters. The number of esters is 1. The summed E-state index contributed by atoms with van der Waals surface area (Å²) in [6, 6.07) is 3.20. The molecule has 0 aliphatic carbocycles. The third kappa shape index (κ3) is 2.68. The first-order chi connectivity index (χ1) is 9.90. The monoisotopic (exact) mass is 293 g/mol. The lowest BCUT2D eigenvalue weighted by Crippen LogP contribution is -2.39. The summed E-state index contributed by atoms with van der Waals surface area (Å²) in [5, 5.41) is 17.3. The molecule has 1 fully saturated rings. The Hall–Kier alpha value is -2.18. The maximum atomic E-state index is 11.6. The Bertz CT molecular complexity index is 544. The highest BCUT2D eigenvalue weighted by Gasteiger charge is 2.47. The average molecular weight is 293 g/mol. The minimum absolute atomic E-state index is 0.0299. The zero-order chi connectivity index (χ0) is 15.6. The molecule has 2 rings (SSSR count). The van der Waals surface area contributed by atoms with E-state index in [1.165, 1.54) is 13.2 Å². The topological polar surface area (TPSA) is 92.6 Å². The van der Waals surface area contributed by atoms with Gasteiger partial charge in [-0.3, -0.25) is 4.79 Å². The molecule has 7 nitrogen and oxygen atoms in total. The summed E-state index contributed by atoms with van der Waals surface area (Å²) in [5.41, 5.74) is -0.628. The van der Waals surface area contributed by atoms with E-state index in [0.29, 0.717) is 25.3 Å². The zero-order valence-corrected chi connectivity index (χ0v) is 12.4. The van der Waals surface area contributed by atoms with E-state index in [-0.39, 0.29) is 11.6 Å². The number of carbonyl (C=O) groups excluding carboxylic acids is 1. The molecule has 0 aromatic carbocycles. The lowest BCUT2D eigenvalue weighted by atomic mass is 9.76. The Morgan fingerprint density at radius 1 is 1.38 bits per heavy atom. The lowest BCUT2D eigenvalue weighted by molar-refractivity contribution is -0.150. The second kappa shape index (κ2) is 5.67. The Morgan fingerprint density at radius 3 is 2.52 bits per heavy atom. The van der Waals surface area contributed by atoms with Crippen molar-refractivity contribution in [2.24, 2.45) is 11.3 Å². The largest absolute Gasteiger partial charge is 0.481 e. The quantitative estimate of drug-likeness (QED) is 0.834. The summed E-state index contributed by atoms with van der Waals surface area (Å²) in [7, 11) is 1.28. The fourth-order valence-electron chi connectivity index (χ4n) is 2.63. The van der Waals surface area contributed by atoms with Gasteiger partial charge in [0.15, 0.2) is 11.5 Å². The lowest BCUT2D eigenvalue weighted by Gasteiger charge is -2.28. The standard InChI is InChI=1S/C14H19N3O4/c1-9(2)14(13(19)20)6-7-17(8-14)11-5-4-10(15-16-11)12(18)21-3/h4-5,9H,6-8H2,1-3H3,(H,19,20). The zero-order valence-electron chi connectivity index (χ0n) is 12.4. The Labute approximate surface area is 122 Å². The summed E-state index contributed by atoms with van der Waals surface area (Å²) >= 11 is 0. The predicted octanol–water partition coefficient (Wildman–Crippen LogP) is 1.20. The molecule has 1 saturated heterocycles. The Balaban J connectivity index is 2.18. The number of anilines is 1. The van der Waals surface area contributed by atoms with E-state index >= 15 is 0 Å². The first-order valence-corrected chi connectivity index (χ1v) is 6.81. The molecule has 1 aliphatic heterocycles. The minimum atomic E-state index is -0.779. The van der Waals surface area contributed by atoms with Gasteiger partial charge >= 0.3 is 11.9 Å². The van der Waals surface area contributed by atoms with Crippen molar-refractivity contribution < 1.29 is 19.4 Å². The van der Waals surface area contributed by atoms with Crippen LogP contribution in [-0.2, 0) is 9.53 Å². The van der Waals surface area contributed by atoms with Crippen LogP contribution >= 0.6 is 0 Å². The highest BCUT2D eigenvalue weighted by atomic mass is 16.5. The first kappa shape index (κ1) is 15.2. The highest BCUT2D eigenvalue weighted by molar-refractivity contribution is 5.87. The van der Waals surface area contributed by atoms with Crippen molar-refractivity contribution in [3.05, 3.63) is 17.8 Å². The van der Waals surface area contributed by atoms with Crippen LogP contribution in [0, 0.1) is 11.3 Å². The predicted molar refractivity (Wildman–Crippen MR) is 75.1 cm³/mol. The van der Waals surface area contributed by atoms with Gasteiger partial charge in [0, 0.05) is 13.1 Å². The third-order valence-electron chi connectivity index (χ3n) is 4.20. The molecule has 0 saturated carbocycles. The normalized spacial score (nSPS) is 21.6. The second-order valence-electron chi connectivity index (χ2n) is 5.56. The molecule has 7 heteroatoms. The van der Waals surface area contributed by atoms with Crippen LogP contribution in [0.2, 0.25) is 0 Å². The molecule has 0 radical (unpaired) electrons. The highest BCUT2D eigenvalue weighted by Crippen LogP contribution is 2.39. The molecule has 0 amide bonds. The van der Waals surface area contributed by atoms with Crippen LogP contribution in [0.15, 0.2) is 12.1 Å². The second-order valence-corrected chi connectivity index (χ2v) is 5.56. The average Bonchev–Trinajstić information content (AvgIpc) is 2.93. The van der Waals surface area contributed by atoms with E-state index < -0.39 is 17.4 Å². The van der Waals surface area contributed by atoms with E-state index in [1.54, 1.807) is 6.07 Å². The van der Waals surface area contributed by atoms with Gasteiger partial charge in [-0.1, -0.05) is 13.8 Å². The molecule has 0 bridgehead atoms. The summed E-state index contributed by atoms with van der Waals surface area (Å²) in [6.07, 6.45) is 0.570. The summed E-state index contributed by atoms with van der Waals surface area (Å²) < 4.78 is 4.56. The number of hydrogen-bond donors (Lipinski definition) is 1. The number of methoxy groups -OCH3 is 1. The van der Waals surface area contributed by atoms with Crippen LogP contribution < -0.4 is 4.90 Å². The molecule has 1 atom stereocenters. The van der Waals surface area contributed by atoms with Crippen LogP contribution in [0.4, 0.5) is 5.82 Å². The van der Waals surface area contributed by atoms with Crippen LogP contribution in [-0.4, -0.2) is 47.4 Å². The van der Waals surface area contributed by atoms with Gasteiger partial charge in [0.05, 0.1) is 12.5 Å². The van der Waals surface area contributed by atoms with Gasteiger partial charge in [0.2, 0.25) is 0 Å². The molecule has 1 N–H and O–H groups in total. The molecule has 1 aliphatic rings. The summed E-state index contributed by atoms with van der Waals surface area (Å²) in [5.74, 6) is -0.717. The van der Waals surface area contributed by atoms with Crippen molar-refractivity contribution >= 4 is 17.8 Å². The molecule has 1 aromatic rings. The molecular formula is C14H19N3O4. The number of hydrogen-bond acceptors (Lipinski definition) is 6. The van der Waals surface area contributed by atoms with Gasteiger partial charge < -0.3 is 14.7 Å². The van der Waals surface area contributed by atoms with Crippen molar-refractivity contribution in [3.8, 4) is 0 Å². The number of carbonyl (C=O) groups is 2. The molecule has 21 heavy (non-hydrogen) atoms. The maximum Gasteiger partial charge on any atom is 0.358 e. The number of nitrogens with zero attached hydrogens (tertiary/aromatic N) is 3. The SMILES string of the molecule is COC(=O)c1ccc(N2CCC(C(=O)O)(C(C)C)C2)nn1. The van der Waals surface area contributed by atoms with Crippen molar-refractivity contribution in [2.75, 3.05) is 25.1 Å². The van der Waals surface area contributed by atoms with E-state index in [0.717, 1.165) is 0 Å². The minimum Gasteiger partial charge on any atom is -0.481 e. The van der Waals surface area contributed by atoms with Crippen LogP contribution in [0.5, 0.6) is 0 Å². The van der Waals surface area contributed by atoms with E-state index in [2.05, 4.69) is 14.9 Å². The van der Waals surface area contributed by atoms with Crippen LogP contribution in [0.3, 0.4) is 0 Å². The van der Waals surface area contributed by atoms with Crippen molar-refractivity contribution in [3.63, 3.8) is 0 Å². The Kier molecular flexibility index (Phi) is 4.11. The first-order valence-electron chi connectivity index (χ1n) is 6.81. The van der Waals surface area contributed by atoms with E-state index in [9.17, 15) is 14.7 Å². The molecular weight excluding hydrogens is 274 g/mol. The number of ether oxygens (including phenoxy) is 1. The molecule has 0 spiro atoms. The molecule has 1 aromatic heterocycles. The van der Waals surface area contributed by atoms with Gasteiger partial charge in [-0.15, -0.1) is 10.2 Å². The third-order valence-corrected chi connectivity index (χ3v) is 4.20. The number of aromatic nitrogens is 2. The number of rotatable bonds is 4. The maximum absolute atomic E-state index is 11.6. The van der Waals surface area contributed by atoms with E-state index in [1.807, 2.05) is 18.7 Å². The number of carboxylic acid groups (broad SMARTS) is 1. The summed E-state index contributed by atoms with van der Waals surface area (Å²) in [6.45, 7) is 4.84. The number of aliphatic carboxylic acids is 1. The van der Waals surface area contributed by atoms with Gasteiger partial charge in [-0.25, -0.2) is 4.79 Å². The van der Waals surface area contributed by atoms with Gasteiger partial charge in [0.25, 0.3) is 0 Å². The van der Waals surface area contributed by atoms with Gasteiger partial charge in [0.1, 0.15) is 0 Å². The molecule has 114 valence electrons. The van der Waals surface area contributed by atoms with Crippen molar-refractivity contribution in [1.82, 2.24) is 10.2 Å². The van der Waals surface area contributed by atoms with Crippen molar-refractivity contribution in [1.29, 1.82) is 0 Å².